The number of carbonyl (C=O) groups excluding carboxylic acids is 1. The second kappa shape index (κ2) is 44.5. The van der Waals surface area contributed by atoms with Crippen molar-refractivity contribution in [1.29, 1.82) is 0 Å². The number of quaternary nitrogens is 1. The zero-order valence-electron chi connectivity index (χ0n) is 40.1. The first-order valence-electron chi connectivity index (χ1n) is 24.7. The number of nitrogens with zero attached hydrogens (tertiary/aromatic N) is 1. The highest BCUT2D eigenvalue weighted by atomic mass is 31.2. The van der Waals surface area contributed by atoms with Crippen molar-refractivity contribution in [3.8, 4) is 0 Å². The number of carbonyl (C=O) groups is 1. The summed E-state index contributed by atoms with van der Waals surface area (Å²) in [6, 6.07) is 0. The van der Waals surface area contributed by atoms with Gasteiger partial charge in [0.25, 0.3) is 7.82 Å². The van der Waals surface area contributed by atoms with Gasteiger partial charge in [-0.25, -0.2) is 0 Å². The van der Waals surface area contributed by atoms with Crippen LogP contribution >= 0.6 is 7.82 Å². The summed E-state index contributed by atoms with van der Waals surface area (Å²) in [6.45, 7) is 5.24. The van der Waals surface area contributed by atoms with Gasteiger partial charge in [-0.05, 0) is 83.5 Å². The molecule has 0 amide bonds. The molecule has 0 heterocycles. The molecule has 354 valence electrons. The van der Waals surface area contributed by atoms with Crippen molar-refractivity contribution in [3.05, 3.63) is 72.9 Å². The quantitative estimate of drug-likeness (QED) is 0.0198. The first-order chi connectivity index (χ1) is 29.6. The third kappa shape index (κ3) is 48.8. The molecule has 0 N–H and O–H groups in total. The van der Waals surface area contributed by atoms with Crippen molar-refractivity contribution in [1.82, 2.24) is 0 Å². The van der Waals surface area contributed by atoms with Gasteiger partial charge in [0.15, 0.2) is 0 Å². The van der Waals surface area contributed by atoms with Gasteiger partial charge in [0.2, 0.25) is 0 Å². The van der Waals surface area contributed by atoms with Gasteiger partial charge in [-0.15, -0.1) is 0 Å². The van der Waals surface area contributed by atoms with E-state index in [9.17, 15) is 14.3 Å². The Kier molecular flexibility index (Phi) is 43.0. The van der Waals surface area contributed by atoms with Gasteiger partial charge < -0.3 is 27.9 Å². The van der Waals surface area contributed by atoms with Crippen molar-refractivity contribution >= 4 is 13.8 Å². The van der Waals surface area contributed by atoms with E-state index in [1.165, 1.54) is 96.3 Å². The number of phosphoric acid groups is 1. The van der Waals surface area contributed by atoms with Crippen molar-refractivity contribution in [2.75, 3.05) is 54.1 Å². The van der Waals surface area contributed by atoms with E-state index >= 15 is 0 Å². The number of ether oxygens (including phenoxy) is 2. The van der Waals surface area contributed by atoms with Crippen molar-refractivity contribution in [3.63, 3.8) is 0 Å². The lowest BCUT2D eigenvalue weighted by atomic mass is 10.1. The fourth-order valence-electron chi connectivity index (χ4n) is 6.45. The minimum absolute atomic E-state index is 0.0170. The van der Waals surface area contributed by atoms with Gasteiger partial charge >= 0.3 is 5.97 Å². The summed E-state index contributed by atoms with van der Waals surface area (Å²) >= 11 is 0. The normalized spacial score (nSPS) is 14.3. The van der Waals surface area contributed by atoms with Gasteiger partial charge in [-0.1, -0.05) is 177 Å². The smallest absolute Gasteiger partial charge is 0.306 e. The van der Waals surface area contributed by atoms with Crippen LogP contribution in [-0.4, -0.2) is 70.7 Å². The average Bonchev–Trinajstić information content (AvgIpc) is 3.22. The Morgan fingerprint density at radius 3 is 1.43 bits per heavy atom. The van der Waals surface area contributed by atoms with Crippen LogP contribution in [0.25, 0.3) is 0 Å². The molecule has 0 aromatic carbocycles. The Labute approximate surface area is 376 Å². The molecule has 2 unspecified atom stereocenters. The molecule has 0 rings (SSSR count). The number of likely N-dealkylation sites (N-methyl/N-ethyl adjacent to an activating group) is 1. The highest BCUT2D eigenvalue weighted by Gasteiger charge is 2.20. The summed E-state index contributed by atoms with van der Waals surface area (Å²) in [5.74, 6) is -0.360. The van der Waals surface area contributed by atoms with Crippen LogP contribution < -0.4 is 4.89 Å². The number of hydrogen-bond donors (Lipinski definition) is 0. The molecule has 0 saturated heterocycles. The zero-order valence-corrected chi connectivity index (χ0v) is 41.0. The fourth-order valence-corrected chi connectivity index (χ4v) is 7.18. The number of esters is 1. The molecule has 0 fully saturated rings. The van der Waals surface area contributed by atoms with E-state index in [1.54, 1.807) is 0 Å². The monoisotopic (exact) mass is 876 g/mol. The van der Waals surface area contributed by atoms with Crippen LogP contribution in [-0.2, 0) is 27.9 Å². The summed E-state index contributed by atoms with van der Waals surface area (Å²) in [7, 11) is 1.33. The fraction of sp³-hybridized carbons (Fsp3) is 0.750. The van der Waals surface area contributed by atoms with Gasteiger partial charge in [-0.3, -0.25) is 9.36 Å². The SMILES string of the molecule is CC/C=C\C/C=C\C/C=C\C/C=C\CCCCCCC(=O)OC(COCCCCCCCCCCCC/C=C\C/C=C\CCCCCCC)COP(=O)([O-])OCC[N+](C)(C)C. The molecule has 61 heavy (non-hydrogen) atoms. The number of allylic oxidation sites excluding steroid dienone is 12. The van der Waals surface area contributed by atoms with Gasteiger partial charge in [0, 0.05) is 13.0 Å². The van der Waals surface area contributed by atoms with Gasteiger partial charge in [0.1, 0.15) is 19.3 Å². The maximum absolute atomic E-state index is 12.7. The third-order valence-corrected chi connectivity index (χ3v) is 11.2. The van der Waals surface area contributed by atoms with E-state index < -0.39 is 13.9 Å². The molecule has 2 atom stereocenters. The third-order valence-electron chi connectivity index (χ3n) is 10.2. The van der Waals surface area contributed by atoms with E-state index in [2.05, 4.69) is 86.8 Å². The summed E-state index contributed by atoms with van der Waals surface area (Å²) in [4.78, 5) is 25.1. The topological polar surface area (TPSA) is 94.1 Å². The predicted molar refractivity (Wildman–Crippen MR) is 259 cm³/mol. The van der Waals surface area contributed by atoms with Crippen molar-refractivity contribution < 1.29 is 37.3 Å². The Hall–Kier alpha value is -2.06. The first-order valence-corrected chi connectivity index (χ1v) is 26.1. The zero-order chi connectivity index (χ0) is 44.8. The largest absolute Gasteiger partial charge is 0.756 e. The number of rotatable bonds is 45. The molecule has 0 aromatic heterocycles. The number of hydrogen-bond acceptors (Lipinski definition) is 7. The van der Waals surface area contributed by atoms with Crippen LogP contribution in [0.3, 0.4) is 0 Å². The maximum atomic E-state index is 12.7. The van der Waals surface area contributed by atoms with Crippen LogP contribution in [0.5, 0.6) is 0 Å². The second-order valence-corrected chi connectivity index (χ2v) is 18.8. The summed E-state index contributed by atoms with van der Waals surface area (Å²) < 4.78 is 34.7. The molecular formula is C52H94NO7P. The summed E-state index contributed by atoms with van der Waals surface area (Å²) in [5, 5.41) is 0. The van der Waals surface area contributed by atoms with Gasteiger partial charge in [-0.2, -0.15) is 0 Å². The van der Waals surface area contributed by atoms with Crippen molar-refractivity contribution in [2.24, 2.45) is 0 Å². The molecule has 9 heteroatoms. The summed E-state index contributed by atoms with van der Waals surface area (Å²) in [5.41, 5.74) is 0. The minimum Gasteiger partial charge on any atom is -0.756 e. The Balaban J connectivity index is 4.21. The molecular weight excluding hydrogens is 782 g/mol. The van der Waals surface area contributed by atoms with E-state index in [1.807, 2.05) is 21.1 Å². The Morgan fingerprint density at radius 2 is 0.951 bits per heavy atom. The van der Waals surface area contributed by atoms with E-state index in [0.717, 1.165) is 77.0 Å². The lowest BCUT2D eigenvalue weighted by Crippen LogP contribution is -2.37. The molecule has 0 bridgehead atoms. The lowest BCUT2D eigenvalue weighted by molar-refractivity contribution is -0.870. The van der Waals surface area contributed by atoms with E-state index in [0.29, 0.717) is 17.6 Å². The number of unbranched alkanes of at least 4 members (excludes halogenated alkanes) is 19. The van der Waals surface area contributed by atoms with Crippen molar-refractivity contribution in [2.45, 2.75) is 200 Å². The lowest BCUT2D eigenvalue weighted by Gasteiger charge is -2.28. The van der Waals surface area contributed by atoms with Crippen LogP contribution in [0.4, 0.5) is 0 Å². The molecule has 8 nitrogen and oxygen atoms in total. The van der Waals surface area contributed by atoms with Crippen LogP contribution in [0.15, 0.2) is 72.9 Å². The van der Waals surface area contributed by atoms with Crippen LogP contribution in [0.2, 0.25) is 0 Å². The van der Waals surface area contributed by atoms with E-state index in [4.69, 9.17) is 18.5 Å². The second-order valence-electron chi connectivity index (χ2n) is 17.4. The van der Waals surface area contributed by atoms with Gasteiger partial charge in [0.05, 0.1) is 34.4 Å². The molecule has 0 spiro atoms. The standard InChI is InChI=1S/C52H94NO7P/c1-6-8-10-12-14-16-18-20-22-24-25-26-27-28-30-32-34-36-38-40-42-44-47-57-49-51(50-59-61(55,56)58-48-46-53(3,4)5)60-52(54)45-43-41-39-37-35-33-31-29-23-21-19-17-15-13-11-9-7-2/h9,11,15,17-18,20-21,23-25,31,33,51H,6-8,10,12-14,16,19,22,26-30,32,34-50H2,1-5H3/b11-9-,17-15-,20-18-,23-21-,25-24-,33-31-. The Morgan fingerprint density at radius 1 is 0.525 bits per heavy atom. The first kappa shape index (κ1) is 58.9. The molecule has 0 saturated carbocycles. The highest BCUT2D eigenvalue weighted by molar-refractivity contribution is 7.45. The minimum atomic E-state index is -4.54. The Bertz CT molecular complexity index is 1200. The molecule has 0 radical (unpaired) electrons. The average molecular weight is 876 g/mol. The van der Waals surface area contributed by atoms with Crippen LogP contribution in [0.1, 0.15) is 194 Å². The summed E-state index contributed by atoms with van der Waals surface area (Å²) in [6.07, 6.45) is 57.8. The highest BCUT2D eigenvalue weighted by Crippen LogP contribution is 2.38. The van der Waals surface area contributed by atoms with E-state index in [-0.39, 0.29) is 32.2 Å². The number of phosphoric ester groups is 1. The molecule has 0 aromatic rings. The molecule has 0 aliphatic rings. The maximum Gasteiger partial charge on any atom is 0.306 e. The predicted octanol–water partition coefficient (Wildman–Crippen LogP) is 14.4. The molecule has 0 aliphatic heterocycles. The van der Waals surface area contributed by atoms with Crippen LogP contribution in [0, 0.1) is 0 Å². The molecule has 0 aliphatic carbocycles.